The van der Waals surface area contributed by atoms with Crippen molar-refractivity contribution in [2.75, 3.05) is 20.8 Å². The molecule has 0 N–H and O–H groups in total. The normalized spacial score (nSPS) is 10.2. The minimum Gasteiger partial charge on any atom is -0.493 e. The summed E-state index contributed by atoms with van der Waals surface area (Å²) in [6, 6.07) is 11.9. The van der Waals surface area contributed by atoms with Crippen LogP contribution in [0.2, 0.25) is 0 Å². The minimum atomic E-state index is -0.232. The molecule has 3 nitrogen and oxygen atoms in total. The number of hydrogen-bond acceptors (Lipinski definition) is 3. The third kappa shape index (κ3) is 3.41. The highest BCUT2D eigenvalue weighted by Crippen LogP contribution is 2.36. The number of rotatable bonds is 6. The van der Waals surface area contributed by atoms with Crippen LogP contribution in [0.25, 0.3) is 0 Å². The fourth-order valence-corrected chi connectivity index (χ4v) is 1.90. The van der Waals surface area contributed by atoms with Crippen molar-refractivity contribution in [1.29, 1.82) is 0 Å². The highest BCUT2D eigenvalue weighted by molar-refractivity contribution is 5.51. The summed E-state index contributed by atoms with van der Waals surface area (Å²) in [4.78, 5) is 0. The molecule has 0 bridgehead atoms. The smallest absolute Gasteiger partial charge is 0.203 e. The van der Waals surface area contributed by atoms with Crippen LogP contribution in [0.1, 0.15) is 5.56 Å². The number of ether oxygens (including phenoxy) is 3. The number of hydrogen-bond donors (Lipinski definition) is 0. The van der Waals surface area contributed by atoms with Gasteiger partial charge in [-0.15, -0.1) is 0 Å². The lowest BCUT2D eigenvalue weighted by Crippen LogP contribution is -2.03. The molecule has 0 aliphatic rings. The second kappa shape index (κ2) is 6.80. The van der Waals surface area contributed by atoms with E-state index in [0.717, 1.165) is 5.56 Å². The largest absolute Gasteiger partial charge is 0.493 e. The van der Waals surface area contributed by atoms with E-state index in [4.69, 9.17) is 14.2 Å². The van der Waals surface area contributed by atoms with E-state index >= 15 is 0 Å². The second-order valence-electron chi connectivity index (χ2n) is 4.22. The molecule has 0 heterocycles. The lowest BCUT2D eigenvalue weighted by molar-refractivity contribution is 0.286. The number of halogens is 1. The lowest BCUT2D eigenvalue weighted by atomic mass is 10.2. The van der Waals surface area contributed by atoms with E-state index in [0.29, 0.717) is 30.3 Å². The first-order valence-electron chi connectivity index (χ1n) is 6.33. The van der Waals surface area contributed by atoms with Gasteiger partial charge in [0.2, 0.25) is 5.75 Å². The van der Waals surface area contributed by atoms with Gasteiger partial charge in [-0.2, -0.15) is 0 Å². The van der Waals surface area contributed by atoms with Crippen LogP contribution in [-0.4, -0.2) is 20.8 Å². The van der Waals surface area contributed by atoms with Crippen LogP contribution in [0.4, 0.5) is 4.39 Å². The standard InChI is InChI=1S/C16H17FO3/c1-18-14-4-3-5-15(16(14)19-2)20-11-10-12-6-8-13(17)9-7-12/h3-9H,10-11H2,1-2H3. The van der Waals surface area contributed by atoms with Crippen LogP contribution in [0.5, 0.6) is 17.2 Å². The van der Waals surface area contributed by atoms with Gasteiger partial charge in [-0.25, -0.2) is 4.39 Å². The molecule has 2 aromatic carbocycles. The third-order valence-corrected chi connectivity index (χ3v) is 2.93. The molecular weight excluding hydrogens is 259 g/mol. The Morgan fingerprint density at radius 2 is 1.60 bits per heavy atom. The summed E-state index contributed by atoms with van der Waals surface area (Å²) in [7, 11) is 3.16. The molecule has 0 spiro atoms. The van der Waals surface area contributed by atoms with E-state index in [1.807, 2.05) is 18.2 Å². The molecule has 0 aliphatic carbocycles. The first-order chi connectivity index (χ1) is 9.74. The third-order valence-electron chi connectivity index (χ3n) is 2.93. The highest BCUT2D eigenvalue weighted by atomic mass is 19.1. The molecule has 0 atom stereocenters. The molecule has 0 saturated carbocycles. The van der Waals surface area contributed by atoms with Gasteiger partial charge in [0.1, 0.15) is 5.82 Å². The van der Waals surface area contributed by atoms with Crippen molar-refractivity contribution in [1.82, 2.24) is 0 Å². The lowest BCUT2D eigenvalue weighted by Gasteiger charge is -2.13. The van der Waals surface area contributed by atoms with Crippen LogP contribution >= 0.6 is 0 Å². The zero-order chi connectivity index (χ0) is 14.4. The van der Waals surface area contributed by atoms with Crippen molar-refractivity contribution < 1.29 is 18.6 Å². The van der Waals surface area contributed by atoms with E-state index < -0.39 is 0 Å². The molecule has 2 aromatic rings. The average Bonchev–Trinajstić information content (AvgIpc) is 2.49. The monoisotopic (exact) mass is 276 g/mol. The Hall–Kier alpha value is -2.23. The summed E-state index contributed by atoms with van der Waals surface area (Å²) in [5, 5.41) is 0. The molecule has 0 aromatic heterocycles. The number of benzene rings is 2. The Labute approximate surface area is 117 Å². The molecule has 2 rings (SSSR count). The van der Waals surface area contributed by atoms with Gasteiger partial charge in [-0.1, -0.05) is 18.2 Å². The SMILES string of the molecule is COc1cccc(OCCc2ccc(F)cc2)c1OC. The predicted molar refractivity (Wildman–Crippen MR) is 75.1 cm³/mol. The van der Waals surface area contributed by atoms with Gasteiger partial charge in [-0.05, 0) is 29.8 Å². The maximum Gasteiger partial charge on any atom is 0.203 e. The van der Waals surface area contributed by atoms with Gasteiger partial charge in [0.25, 0.3) is 0 Å². The summed E-state index contributed by atoms with van der Waals surface area (Å²) >= 11 is 0. The van der Waals surface area contributed by atoms with E-state index in [9.17, 15) is 4.39 Å². The second-order valence-corrected chi connectivity index (χ2v) is 4.22. The number of para-hydroxylation sites is 1. The summed E-state index contributed by atoms with van der Waals surface area (Å²) in [5.41, 5.74) is 1.02. The quantitative estimate of drug-likeness (QED) is 0.808. The van der Waals surface area contributed by atoms with Crippen molar-refractivity contribution in [3.05, 3.63) is 53.8 Å². The van der Waals surface area contributed by atoms with E-state index in [1.54, 1.807) is 26.4 Å². The van der Waals surface area contributed by atoms with Crippen molar-refractivity contribution >= 4 is 0 Å². The first-order valence-corrected chi connectivity index (χ1v) is 6.33. The maximum atomic E-state index is 12.8. The molecule has 0 amide bonds. The Bertz CT molecular complexity index is 552. The van der Waals surface area contributed by atoms with Gasteiger partial charge in [0.05, 0.1) is 20.8 Å². The van der Waals surface area contributed by atoms with Crippen molar-refractivity contribution in [2.45, 2.75) is 6.42 Å². The van der Waals surface area contributed by atoms with Crippen LogP contribution in [-0.2, 0) is 6.42 Å². The Kier molecular flexibility index (Phi) is 4.82. The van der Waals surface area contributed by atoms with Gasteiger partial charge in [0.15, 0.2) is 11.5 Å². The molecule has 0 aliphatic heterocycles. The Morgan fingerprint density at radius 3 is 2.25 bits per heavy atom. The molecule has 0 fully saturated rings. The summed E-state index contributed by atoms with van der Waals surface area (Å²) in [6.45, 7) is 0.481. The zero-order valence-corrected chi connectivity index (χ0v) is 11.6. The van der Waals surface area contributed by atoms with E-state index in [1.165, 1.54) is 12.1 Å². The summed E-state index contributed by atoms with van der Waals surface area (Å²) in [5.74, 6) is 1.61. The van der Waals surface area contributed by atoms with Gasteiger partial charge >= 0.3 is 0 Å². The average molecular weight is 276 g/mol. The van der Waals surface area contributed by atoms with E-state index in [2.05, 4.69) is 0 Å². The Morgan fingerprint density at radius 1 is 0.900 bits per heavy atom. The van der Waals surface area contributed by atoms with Crippen LogP contribution in [0, 0.1) is 5.82 Å². The molecule has 20 heavy (non-hydrogen) atoms. The van der Waals surface area contributed by atoms with Crippen molar-refractivity contribution in [3.8, 4) is 17.2 Å². The highest BCUT2D eigenvalue weighted by Gasteiger charge is 2.10. The topological polar surface area (TPSA) is 27.7 Å². The van der Waals surface area contributed by atoms with Crippen LogP contribution in [0.3, 0.4) is 0 Å². The molecule has 0 saturated heterocycles. The van der Waals surface area contributed by atoms with Gasteiger partial charge in [-0.3, -0.25) is 0 Å². The van der Waals surface area contributed by atoms with Crippen molar-refractivity contribution in [3.63, 3.8) is 0 Å². The molecular formula is C16H17FO3. The van der Waals surface area contributed by atoms with Crippen LogP contribution < -0.4 is 14.2 Å². The molecule has 106 valence electrons. The maximum absolute atomic E-state index is 12.8. The van der Waals surface area contributed by atoms with E-state index in [-0.39, 0.29) is 5.82 Å². The van der Waals surface area contributed by atoms with Crippen LogP contribution in [0.15, 0.2) is 42.5 Å². The van der Waals surface area contributed by atoms with Crippen molar-refractivity contribution in [2.24, 2.45) is 0 Å². The molecule has 4 heteroatoms. The summed E-state index contributed by atoms with van der Waals surface area (Å²) in [6.07, 6.45) is 0.695. The Balaban J connectivity index is 1.98. The van der Waals surface area contributed by atoms with Gasteiger partial charge < -0.3 is 14.2 Å². The number of methoxy groups -OCH3 is 2. The van der Waals surface area contributed by atoms with Gasteiger partial charge in [0, 0.05) is 6.42 Å². The fourth-order valence-electron chi connectivity index (χ4n) is 1.90. The summed E-state index contributed by atoms with van der Waals surface area (Å²) < 4.78 is 29.0. The minimum absolute atomic E-state index is 0.232. The molecule has 0 radical (unpaired) electrons. The predicted octanol–water partition coefficient (Wildman–Crippen LogP) is 3.46. The first kappa shape index (κ1) is 14.2. The zero-order valence-electron chi connectivity index (χ0n) is 11.6. The fraction of sp³-hybridized carbons (Fsp3) is 0.250. The molecule has 0 unspecified atom stereocenters.